The summed E-state index contributed by atoms with van der Waals surface area (Å²) >= 11 is 0. The Bertz CT molecular complexity index is 1350. The van der Waals surface area contributed by atoms with Gasteiger partial charge in [0, 0.05) is 0 Å². The van der Waals surface area contributed by atoms with Gasteiger partial charge in [-0.15, -0.1) is 0 Å². The first-order valence-corrected chi connectivity index (χ1v) is 10.8. The number of hydrogen-bond donors (Lipinski definition) is 0. The molecule has 4 aromatic carbocycles. The molecule has 1 heteroatoms. The van der Waals surface area contributed by atoms with E-state index in [9.17, 15) is 4.79 Å². The molecule has 0 aliphatic heterocycles. The average Bonchev–Trinajstić information content (AvgIpc) is 2.74. The van der Waals surface area contributed by atoms with Crippen LogP contribution in [0.2, 0.25) is 0 Å². The van der Waals surface area contributed by atoms with Crippen LogP contribution in [0, 0.1) is 20.8 Å². The van der Waals surface area contributed by atoms with Crippen molar-refractivity contribution in [2.45, 2.75) is 39.0 Å². The molecule has 0 spiro atoms. The van der Waals surface area contributed by atoms with E-state index >= 15 is 0 Å². The van der Waals surface area contributed by atoms with Gasteiger partial charge < -0.3 is 0 Å². The second-order valence-corrected chi connectivity index (χ2v) is 8.99. The molecule has 4 aromatic rings. The molecule has 0 heterocycles. The summed E-state index contributed by atoms with van der Waals surface area (Å²) in [4.78, 5) is 14.2. The SMILES string of the molecule is Cc1cc(C)c2c(C)cc3c4c2c1C(c1ccccc1)C(=O)C4c1ccccc1C3. The van der Waals surface area contributed by atoms with Crippen LogP contribution in [-0.4, -0.2) is 5.78 Å². The molecule has 0 radical (unpaired) electrons. The molecule has 0 amide bonds. The number of rotatable bonds is 1. The minimum absolute atomic E-state index is 0.174. The van der Waals surface area contributed by atoms with Gasteiger partial charge in [0.1, 0.15) is 0 Å². The Kier molecular flexibility index (Phi) is 3.62. The van der Waals surface area contributed by atoms with Gasteiger partial charge in [-0.05, 0) is 88.0 Å². The van der Waals surface area contributed by atoms with Gasteiger partial charge >= 0.3 is 0 Å². The zero-order valence-corrected chi connectivity index (χ0v) is 17.6. The highest BCUT2D eigenvalue weighted by Gasteiger charge is 2.43. The molecule has 0 N–H and O–H groups in total. The fourth-order valence-electron chi connectivity index (χ4n) is 6.13. The summed E-state index contributed by atoms with van der Waals surface area (Å²) in [6, 6.07) is 23.5. The normalized spacial score (nSPS) is 19.1. The van der Waals surface area contributed by atoms with E-state index in [1.54, 1.807) is 0 Å². The van der Waals surface area contributed by atoms with Crippen LogP contribution in [0.1, 0.15) is 61.9 Å². The van der Waals surface area contributed by atoms with Crippen LogP contribution >= 0.6 is 0 Å². The van der Waals surface area contributed by atoms with E-state index in [-0.39, 0.29) is 11.8 Å². The van der Waals surface area contributed by atoms with Crippen LogP contribution < -0.4 is 0 Å². The first kappa shape index (κ1) is 17.7. The van der Waals surface area contributed by atoms with Crippen LogP contribution in [0.3, 0.4) is 0 Å². The molecule has 6 rings (SSSR count). The number of hydrogen-bond acceptors (Lipinski definition) is 1. The van der Waals surface area contributed by atoms with Crippen molar-refractivity contribution in [3.05, 3.63) is 117 Å². The van der Waals surface area contributed by atoms with E-state index in [4.69, 9.17) is 0 Å². The Hall–Kier alpha value is -3.19. The highest BCUT2D eigenvalue weighted by molar-refractivity contribution is 6.11. The lowest BCUT2D eigenvalue weighted by molar-refractivity contribution is -0.120. The fourth-order valence-corrected chi connectivity index (χ4v) is 6.13. The van der Waals surface area contributed by atoms with Crippen molar-refractivity contribution in [3.63, 3.8) is 0 Å². The number of carbonyl (C=O) groups excluding carboxylic acids is 1. The molecule has 0 aromatic heterocycles. The zero-order valence-electron chi connectivity index (χ0n) is 17.6. The second-order valence-electron chi connectivity index (χ2n) is 8.99. The third-order valence-corrected chi connectivity index (χ3v) is 7.20. The van der Waals surface area contributed by atoms with Crippen molar-refractivity contribution in [1.82, 2.24) is 0 Å². The summed E-state index contributed by atoms with van der Waals surface area (Å²) in [6.07, 6.45) is 0.911. The summed E-state index contributed by atoms with van der Waals surface area (Å²) in [5.74, 6) is -0.0706. The van der Waals surface area contributed by atoms with Crippen molar-refractivity contribution in [2.75, 3.05) is 0 Å². The summed E-state index contributed by atoms with van der Waals surface area (Å²) in [6.45, 7) is 6.62. The van der Waals surface area contributed by atoms with E-state index in [0.29, 0.717) is 5.78 Å². The zero-order chi connectivity index (χ0) is 20.6. The molecule has 30 heavy (non-hydrogen) atoms. The van der Waals surface area contributed by atoms with Gasteiger partial charge in [0.05, 0.1) is 11.8 Å². The molecule has 2 unspecified atom stereocenters. The van der Waals surface area contributed by atoms with Crippen molar-refractivity contribution >= 4 is 16.6 Å². The van der Waals surface area contributed by atoms with Crippen LogP contribution in [0.5, 0.6) is 0 Å². The summed E-state index contributed by atoms with van der Waals surface area (Å²) in [5, 5.41) is 2.68. The van der Waals surface area contributed by atoms with E-state index < -0.39 is 0 Å². The van der Waals surface area contributed by atoms with Gasteiger partial charge in [0.25, 0.3) is 0 Å². The summed E-state index contributed by atoms with van der Waals surface area (Å²) < 4.78 is 0. The Morgan fingerprint density at radius 3 is 2.17 bits per heavy atom. The smallest absolute Gasteiger partial charge is 0.156 e. The number of Topliss-reactive ketones (excluding diaryl/α,β-unsaturated/α-hetero) is 1. The predicted molar refractivity (Wildman–Crippen MR) is 123 cm³/mol. The average molecular weight is 389 g/mol. The van der Waals surface area contributed by atoms with Gasteiger partial charge in [-0.1, -0.05) is 66.7 Å². The maximum atomic E-state index is 14.2. The Morgan fingerprint density at radius 1 is 0.667 bits per heavy atom. The number of fused-ring (bicyclic) bond motifs is 2. The van der Waals surface area contributed by atoms with E-state index in [0.717, 1.165) is 12.0 Å². The maximum absolute atomic E-state index is 14.2. The topological polar surface area (TPSA) is 17.1 Å². The quantitative estimate of drug-likeness (QED) is 0.363. The number of aryl methyl sites for hydroxylation is 3. The molecule has 0 bridgehead atoms. The largest absolute Gasteiger partial charge is 0.298 e. The summed E-state index contributed by atoms with van der Waals surface area (Å²) in [7, 11) is 0. The molecule has 0 saturated heterocycles. The number of ketones is 1. The standard InChI is InChI=1S/C29H24O/c1-16-13-17(2)24-26(19-9-5-4-6-10-19)29(30)27-22-12-8-7-11-20(22)15-21-14-18(3)23(16)28(24)25(21)27/h4-14,26-27H,15H2,1-3H3. The van der Waals surface area contributed by atoms with Crippen LogP contribution in [-0.2, 0) is 11.2 Å². The van der Waals surface area contributed by atoms with Crippen molar-refractivity contribution in [1.29, 1.82) is 0 Å². The first-order chi connectivity index (χ1) is 14.6. The third kappa shape index (κ3) is 2.21. The lowest BCUT2D eigenvalue weighted by atomic mass is 9.63. The van der Waals surface area contributed by atoms with Crippen LogP contribution in [0.25, 0.3) is 10.8 Å². The van der Waals surface area contributed by atoms with E-state index in [2.05, 4.69) is 81.4 Å². The van der Waals surface area contributed by atoms with Crippen molar-refractivity contribution < 1.29 is 4.79 Å². The molecule has 0 fully saturated rings. The van der Waals surface area contributed by atoms with Gasteiger partial charge in [-0.2, -0.15) is 0 Å². The van der Waals surface area contributed by atoms with Crippen LogP contribution in [0.4, 0.5) is 0 Å². The highest BCUT2D eigenvalue weighted by atomic mass is 16.1. The van der Waals surface area contributed by atoms with Gasteiger partial charge in [-0.3, -0.25) is 4.79 Å². The molecule has 2 atom stereocenters. The molecule has 2 aliphatic carbocycles. The van der Waals surface area contributed by atoms with E-state index in [1.807, 2.05) is 6.07 Å². The van der Waals surface area contributed by atoms with Gasteiger partial charge in [0.2, 0.25) is 0 Å². The third-order valence-electron chi connectivity index (χ3n) is 7.20. The minimum Gasteiger partial charge on any atom is -0.298 e. The molecular weight excluding hydrogens is 364 g/mol. The Labute approximate surface area is 177 Å². The number of benzene rings is 4. The molecule has 146 valence electrons. The van der Waals surface area contributed by atoms with Gasteiger partial charge in [0.15, 0.2) is 5.78 Å². The predicted octanol–water partition coefficient (Wildman–Crippen LogP) is 6.52. The maximum Gasteiger partial charge on any atom is 0.156 e. The first-order valence-electron chi connectivity index (χ1n) is 10.8. The molecular formula is C29H24O. The van der Waals surface area contributed by atoms with Gasteiger partial charge in [-0.25, -0.2) is 0 Å². The minimum atomic E-state index is -0.215. The molecule has 0 saturated carbocycles. The van der Waals surface area contributed by atoms with Crippen molar-refractivity contribution in [2.24, 2.45) is 0 Å². The number of carbonyl (C=O) groups is 1. The highest BCUT2D eigenvalue weighted by Crippen LogP contribution is 2.52. The Balaban J connectivity index is 1.81. The Morgan fingerprint density at radius 2 is 1.37 bits per heavy atom. The molecule has 2 aliphatic rings. The van der Waals surface area contributed by atoms with Crippen molar-refractivity contribution in [3.8, 4) is 0 Å². The molecule has 1 nitrogen and oxygen atoms in total. The van der Waals surface area contributed by atoms with E-state index in [1.165, 1.54) is 55.3 Å². The lowest BCUT2D eigenvalue weighted by Crippen LogP contribution is -2.32. The van der Waals surface area contributed by atoms with Crippen LogP contribution in [0.15, 0.2) is 66.7 Å². The lowest BCUT2D eigenvalue weighted by Gasteiger charge is -2.38. The monoisotopic (exact) mass is 388 g/mol. The second kappa shape index (κ2) is 6.15. The fraction of sp³-hybridized carbons (Fsp3) is 0.207. The summed E-state index contributed by atoms with van der Waals surface area (Å²) in [5.41, 5.74) is 11.3.